The molecule has 1 aliphatic rings. The van der Waals surface area contributed by atoms with E-state index in [0.717, 1.165) is 6.42 Å². The third-order valence-corrected chi connectivity index (χ3v) is 5.06. The summed E-state index contributed by atoms with van der Waals surface area (Å²) in [5, 5.41) is 0. The van der Waals surface area contributed by atoms with Crippen molar-refractivity contribution in [2.75, 3.05) is 26.0 Å². The van der Waals surface area contributed by atoms with Gasteiger partial charge in [-0.25, -0.2) is 12.7 Å². The molecule has 0 N–H and O–H groups in total. The zero-order valence-corrected chi connectivity index (χ0v) is 11.5. The van der Waals surface area contributed by atoms with Gasteiger partial charge < -0.3 is 4.74 Å². The third-order valence-electron chi connectivity index (χ3n) is 2.86. The van der Waals surface area contributed by atoms with Crippen molar-refractivity contribution in [1.29, 1.82) is 0 Å². The quantitative estimate of drug-likeness (QED) is 0.706. The highest BCUT2D eigenvalue weighted by molar-refractivity contribution is 7.89. The maximum Gasteiger partial charge on any atom is 0.309 e. The summed E-state index contributed by atoms with van der Waals surface area (Å²) < 4.78 is 30.2. The first-order chi connectivity index (χ1) is 7.86. The van der Waals surface area contributed by atoms with Crippen molar-refractivity contribution < 1.29 is 17.9 Å². The molecule has 0 aromatic carbocycles. The summed E-state index contributed by atoms with van der Waals surface area (Å²) in [6.07, 6.45) is 1.43. The zero-order valence-electron chi connectivity index (χ0n) is 10.7. The average Bonchev–Trinajstić information content (AvgIpc) is 2.26. The highest BCUT2D eigenvalue weighted by Gasteiger charge is 2.32. The Kier molecular flexibility index (Phi) is 4.94. The van der Waals surface area contributed by atoms with Crippen LogP contribution in [0.15, 0.2) is 0 Å². The number of ether oxygens (including phenoxy) is 1. The summed E-state index contributed by atoms with van der Waals surface area (Å²) in [5.41, 5.74) is 0. The number of nitrogens with zero attached hydrogens (tertiary/aromatic N) is 1. The van der Waals surface area contributed by atoms with E-state index < -0.39 is 10.0 Å². The van der Waals surface area contributed by atoms with Crippen molar-refractivity contribution in [3.63, 3.8) is 0 Å². The number of piperidine rings is 1. The standard InChI is InChI=1S/C11H21NO4S/c1-9(2)8-17(14,15)12-6-4-5-10(7-12)11(13)16-3/h9-10H,4-8H2,1-3H3. The first-order valence-corrected chi connectivity index (χ1v) is 7.53. The van der Waals surface area contributed by atoms with Gasteiger partial charge in [-0.3, -0.25) is 4.79 Å². The fraction of sp³-hybridized carbons (Fsp3) is 0.909. The molecule has 1 fully saturated rings. The van der Waals surface area contributed by atoms with Crippen molar-refractivity contribution in [2.45, 2.75) is 26.7 Å². The van der Waals surface area contributed by atoms with Gasteiger partial charge in [0, 0.05) is 13.1 Å². The number of esters is 1. The molecule has 0 amide bonds. The summed E-state index contributed by atoms with van der Waals surface area (Å²) in [6, 6.07) is 0. The van der Waals surface area contributed by atoms with Crippen LogP contribution in [0.5, 0.6) is 0 Å². The van der Waals surface area contributed by atoms with Gasteiger partial charge in [-0.15, -0.1) is 0 Å². The molecule has 0 spiro atoms. The molecule has 1 aliphatic heterocycles. The number of carbonyl (C=O) groups excluding carboxylic acids is 1. The maximum atomic E-state index is 12.0. The molecule has 0 aromatic heterocycles. The van der Waals surface area contributed by atoms with E-state index in [1.807, 2.05) is 13.8 Å². The predicted octanol–water partition coefficient (Wildman–Crippen LogP) is 0.857. The second-order valence-electron chi connectivity index (χ2n) is 4.89. The van der Waals surface area contributed by atoms with Crippen molar-refractivity contribution in [1.82, 2.24) is 4.31 Å². The van der Waals surface area contributed by atoms with E-state index >= 15 is 0 Å². The molecule has 0 bridgehead atoms. The maximum absolute atomic E-state index is 12.0. The minimum atomic E-state index is -3.23. The molecular formula is C11H21NO4S. The summed E-state index contributed by atoms with van der Waals surface area (Å²) >= 11 is 0. The second kappa shape index (κ2) is 5.82. The van der Waals surface area contributed by atoms with E-state index in [9.17, 15) is 13.2 Å². The van der Waals surface area contributed by atoms with Crippen molar-refractivity contribution in [2.24, 2.45) is 11.8 Å². The lowest BCUT2D eigenvalue weighted by Gasteiger charge is -2.30. The molecule has 6 heteroatoms. The van der Waals surface area contributed by atoms with Crippen molar-refractivity contribution >= 4 is 16.0 Å². The van der Waals surface area contributed by atoms with Gasteiger partial charge in [0.15, 0.2) is 0 Å². The molecule has 0 aromatic rings. The van der Waals surface area contributed by atoms with Crippen LogP contribution in [0.2, 0.25) is 0 Å². The largest absolute Gasteiger partial charge is 0.469 e. The average molecular weight is 263 g/mol. The Morgan fingerprint density at radius 2 is 2.12 bits per heavy atom. The predicted molar refractivity (Wildman–Crippen MR) is 64.9 cm³/mol. The van der Waals surface area contributed by atoms with Crippen LogP contribution in [0.25, 0.3) is 0 Å². The Morgan fingerprint density at radius 1 is 1.47 bits per heavy atom. The van der Waals surface area contributed by atoms with E-state index in [-0.39, 0.29) is 30.1 Å². The lowest BCUT2D eigenvalue weighted by Crippen LogP contribution is -2.44. The molecular weight excluding hydrogens is 242 g/mol. The Labute approximate surface area is 103 Å². The summed E-state index contributed by atoms with van der Waals surface area (Å²) in [7, 11) is -1.89. The Balaban J connectivity index is 2.69. The number of hydrogen-bond donors (Lipinski definition) is 0. The summed E-state index contributed by atoms with van der Waals surface area (Å²) in [4.78, 5) is 11.4. The van der Waals surface area contributed by atoms with Gasteiger partial charge in [0.1, 0.15) is 0 Å². The van der Waals surface area contributed by atoms with Crippen LogP contribution in [0.1, 0.15) is 26.7 Å². The van der Waals surface area contributed by atoms with Crippen LogP contribution < -0.4 is 0 Å². The van der Waals surface area contributed by atoms with E-state index in [1.54, 1.807) is 0 Å². The fourth-order valence-electron chi connectivity index (χ4n) is 2.08. The number of sulfonamides is 1. The zero-order chi connectivity index (χ0) is 13.1. The van der Waals surface area contributed by atoms with Crippen LogP contribution in [-0.2, 0) is 19.6 Å². The molecule has 1 rings (SSSR count). The highest BCUT2D eigenvalue weighted by Crippen LogP contribution is 2.21. The van der Waals surface area contributed by atoms with E-state index in [2.05, 4.69) is 4.74 Å². The molecule has 100 valence electrons. The van der Waals surface area contributed by atoms with Gasteiger partial charge in [-0.2, -0.15) is 0 Å². The molecule has 1 heterocycles. The van der Waals surface area contributed by atoms with E-state index in [0.29, 0.717) is 13.0 Å². The topological polar surface area (TPSA) is 63.7 Å². The van der Waals surface area contributed by atoms with Crippen LogP contribution in [0, 0.1) is 11.8 Å². The lowest BCUT2D eigenvalue weighted by molar-refractivity contribution is -0.146. The van der Waals surface area contributed by atoms with Gasteiger partial charge in [0.05, 0.1) is 18.8 Å². The van der Waals surface area contributed by atoms with Crippen LogP contribution in [0.4, 0.5) is 0 Å². The molecule has 0 radical (unpaired) electrons. The van der Waals surface area contributed by atoms with Gasteiger partial charge in [0.25, 0.3) is 0 Å². The molecule has 17 heavy (non-hydrogen) atoms. The highest BCUT2D eigenvalue weighted by atomic mass is 32.2. The smallest absolute Gasteiger partial charge is 0.309 e. The fourth-order valence-corrected chi connectivity index (χ4v) is 3.95. The summed E-state index contributed by atoms with van der Waals surface area (Å²) in [5.74, 6) is -0.385. The second-order valence-corrected chi connectivity index (χ2v) is 6.91. The van der Waals surface area contributed by atoms with Gasteiger partial charge in [-0.1, -0.05) is 13.8 Å². The minimum absolute atomic E-state index is 0.0958. The molecule has 1 atom stereocenters. The summed E-state index contributed by atoms with van der Waals surface area (Å²) in [6.45, 7) is 4.53. The monoisotopic (exact) mass is 263 g/mol. The van der Waals surface area contributed by atoms with Crippen LogP contribution in [-0.4, -0.2) is 44.6 Å². The minimum Gasteiger partial charge on any atom is -0.469 e. The van der Waals surface area contributed by atoms with E-state index in [4.69, 9.17) is 0 Å². The van der Waals surface area contributed by atoms with Gasteiger partial charge in [0.2, 0.25) is 10.0 Å². The van der Waals surface area contributed by atoms with Gasteiger partial charge in [-0.05, 0) is 18.8 Å². The van der Waals surface area contributed by atoms with Gasteiger partial charge >= 0.3 is 5.97 Å². The number of hydrogen-bond acceptors (Lipinski definition) is 4. The number of methoxy groups -OCH3 is 1. The third kappa shape index (κ3) is 3.96. The Hall–Kier alpha value is -0.620. The number of rotatable bonds is 4. The Bertz CT molecular complexity index is 364. The normalized spacial score (nSPS) is 22.7. The lowest BCUT2D eigenvalue weighted by atomic mass is 10.0. The molecule has 5 nitrogen and oxygen atoms in total. The van der Waals surface area contributed by atoms with Crippen LogP contribution in [0.3, 0.4) is 0 Å². The van der Waals surface area contributed by atoms with E-state index in [1.165, 1.54) is 11.4 Å². The van der Waals surface area contributed by atoms with Crippen molar-refractivity contribution in [3.8, 4) is 0 Å². The molecule has 1 unspecified atom stereocenters. The van der Waals surface area contributed by atoms with Crippen LogP contribution >= 0.6 is 0 Å². The first-order valence-electron chi connectivity index (χ1n) is 5.92. The first kappa shape index (κ1) is 14.4. The Morgan fingerprint density at radius 3 is 2.65 bits per heavy atom. The van der Waals surface area contributed by atoms with Crippen molar-refractivity contribution in [3.05, 3.63) is 0 Å². The molecule has 0 saturated carbocycles. The molecule has 1 saturated heterocycles. The molecule has 0 aliphatic carbocycles. The SMILES string of the molecule is COC(=O)C1CCCN(S(=O)(=O)CC(C)C)C1. The number of carbonyl (C=O) groups is 1.